The van der Waals surface area contributed by atoms with E-state index in [1.54, 1.807) is 32.4 Å². The van der Waals surface area contributed by atoms with Gasteiger partial charge in [0.25, 0.3) is 5.91 Å². The standard InChI is InChI=1S/C22H27NO4/c1-22(2)15-27-20(10-16-8-6-5-7-9-16)14-23(22)21(24)17-11-18(25-3)13-19(12-17)26-4/h5-9,11-13,20H,10,14-15H2,1-4H3. The fraction of sp³-hybridized carbons (Fsp3) is 0.409. The molecule has 1 saturated heterocycles. The first-order valence-electron chi connectivity index (χ1n) is 9.13. The molecule has 1 aliphatic rings. The molecule has 0 saturated carbocycles. The highest BCUT2D eigenvalue weighted by atomic mass is 16.5. The third-order valence-corrected chi connectivity index (χ3v) is 4.94. The highest BCUT2D eigenvalue weighted by Gasteiger charge is 2.38. The highest BCUT2D eigenvalue weighted by Crippen LogP contribution is 2.29. The van der Waals surface area contributed by atoms with Gasteiger partial charge in [0.15, 0.2) is 0 Å². The molecule has 2 aromatic carbocycles. The van der Waals surface area contributed by atoms with Crippen molar-refractivity contribution in [3.05, 3.63) is 59.7 Å². The second kappa shape index (κ2) is 8.01. The Morgan fingerprint density at radius 2 is 1.74 bits per heavy atom. The number of rotatable bonds is 5. The van der Waals surface area contributed by atoms with E-state index in [2.05, 4.69) is 12.1 Å². The maximum absolute atomic E-state index is 13.3. The molecule has 1 fully saturated rings. The van der Waals surface area contributed by atoms with E-state index in [1.807, 2.05) is 36.9 Å². The van der Waals surface area contributed by atoms with Crippen LogP contribution >= 0.6 is 0 Å². The minimum absolute atomic E-state index is 0.0307. The van der Waals surface area contributed by atoms with Crippen LogP contribution in [0.25, 0.3) is 0 Å². The summed E-state index contributed by atoms with van der Waals surface area (Å²) >= 11 is 0. The molecule has 0 spiro atoms. The summed E-state index contributed by atoms with van der Waals surface area (Å²) in [4.78, 5) is 15.2. The van der Waals surface area contributed by atoms with Crippen molar-refractivity contribution in [2.45, 2.75) is 31.9 Å². The van der Waals surface area contributed by atoms with Crippen LogP contribution in [-0.2, 0) is 11.2 Å². The van der Waals surface area contributed by atoms with Crippen LogP contribution in [0.4, 0.5) is 0 Å². The van der Waals surface area contributed by atoms with Gasteiger partial charge < -0.3 is 19.1 Å². The van der Waals surface area contributed by atoms with E-state index in [-0.39, 0.29) is 17.6 Å². The van der Waals surface area contributed by atoms with Crippen LogP contribution in [-0.4, -0.2) is 49.8 Å². The summed E-state index contributed by atoms with van der Waals surface area (Å²) in [5.74, 6) is 1.16. The smallest absolute Gasteiger partial charge is 0.254 e. The highest BCUT2D eigenvalue weighted by molar-refractivity contribution is 5.95. The van der Waals surface area contributed by atoms with Gasteiger partial charge in [-0.1, -0.05) is 30.3 Å². The van der Waals surface area contributed by atoms with Crippen LogP contribution in [0.3, 0.4) is 0 Å². The summed E-state index contributed by atoms with van der Waals surface area (Å²) in [6, 6.07) is 15.5. The molecule has 1 heterocycles. The lowest BCUT2D eigenvalue weighted by atomic mass is 9.97. The van der Waals surface area contributed by atoms with E-state index >= 15 is 0 Å². The molecule has 1 aliphatic heterocycles. The van der Waals surface area contributed by atoms with E-state index < -0.39 is 0 Å². The van der Waals surface area contributed by atoms with Crippen molar-refractivity contribution in [1.29, 1.82) is 0 Å². The Hall–Kier alpha value is -2.53. The Labute approximate surface area is 160 Å². The fourth-order valence-electron chi connectivity index (χ4n) is 3.35. The average Bonchev–Trinajstić information content (AvgIpc) is 2.69. The van der Waals surface area contributed by atoms with Crippen LogP contribution in [0.2, 0.25) is 0 Å². The zero-order valence-corrected chi connectivity index (χ0v) is 16.4. The summed E-state index contributed by atoms with van der Waals surface area (Å²) in [6.45, 7) is 5.10. The van der Waals surface area contributed by atoms with Crippen LogP contribution in [0.15, 0.2) is 48.5 Å². The first kappa shape index (κ1) is 19.2. The van der Waals surface area contributed by atoms with Crippen molar-refractivity contribution >= 4 is 5.91 Å². The van der Waals surface area contributed by atoms with Gasteiger partial charge in [-0.2, -0.15) is 0 Å². The maximum atomic E-state index is 13.3. The molecule has 0 aliphatic carbocycles. The molecule has 0 radical (unpaired) electrons. The molecule has 1 amide bonds. The number of hydrogen-bond acceptors (Lipinski definition) is 4. The van der Waals surface area contributed by atoms with Crippen LogP contribution in [0, 0.1) is 0 Å². The average molecular weight is 369 g/mol. The zero-order valence-electron chi connectivity index (χ0n) is 16.4. The third-order valence-electron chi connectivity index (χ3n) is 4.94. The van der Waals surface area contributed by atoms with Crippen LogP contribution < -0.4 is 9.47 Å². The van der Waals surface area contributed by atoms with Crippen LogP contribution in [0.5, 0.6) is 11.5 Å². The largest absolute Gasteiger partial charge is 0.497 e. The van der Waals surface area contributed by atoms with Gasteiger partial charge in [-0.3, -0.25) is 4.79 Å². The SMILES string of the molecule is COc1cc(OC)cc(C(=O)N2CC(Cc3ccccc3)OCC2(C)C)c1. The molecule has 5 nitrogen and oxygen atoms in total. The molecule has 144 valence electrons. The Bertz CT molecular complexity index is 766. The Balaban J connectivity index is 1.82. The van der Waals surface area contributed by atoms with E-state index in [4.69, 9.17) is 14.2 Å². The lowest BCUT2D eigenvalue weighted by Crippen LogP contribution is -2.58. The summed E-state index contributed by atoms with van der Waals surface area (Å²) in [7, 11) is 3.16. The Kier molecular flexibility index (Phi) is 5.71. The number of carbonyl (C=O) groups excluding carboxylic acids is 1. The lowest BCUT2D eigenvalue weighted by Gasteiger charge is -2.45. The summed E-state index contributed by atoms with van der Waals surface area (Å²) < 4.78 is 16.7. The predicted molar refractivity (Wildman–Crippen MR) is 105 cm³/mol. The Morgan fingerprint density at radius 3 is 2.33 bits per heavy atom. The number of benzene rings is 2. The molecule has 0 N–H and O–H groups in total. The van der Waals surface area contributed by atoms with Gasteiger partial charge in [0, 0.05) is 24.6 Å². The van der Waals surface area contributed by atoms with Crippen molar-refractivity contribution in [2.75, 3.05) is 27.4 Å². The van der Waals surface area contributed by atoms with E-state index in [0.29, 0.717) is 30.2 Å². The molecule has 0 aromatic heterocycles. The number of amides is 1. The lowest BCUT2D eigenvalue weighted by molar-refractivity contribution is -0.0821. The molecule has 27 heavy (non-hydrogen) atoms. The molecule has 0 bridgehead atoms. The number of methoxy groups -OCH3 is 2. The molecule has 5 heteroatoms. The zero-order chi connectivity index (χ0) is 19.4. The van der Waals surface area contributed by atoms with Crippen molar-refractivity contribution in [2.24, 2.45) is 0 Å². The van der Waals surface area contributed by atoms with Crippen molar-refractivity contribution in [3.63, 3.8) is 0 Å². The molecular weight excluding hydrogens is 342 g/mol. The number of morpholine rings is 1. The molecule has 1 atom stereocenters. The van der Waals surface area contributed by atoms with Gasteiger partial charge in [-0.25, -0.2) is 0 Å². The summed E-state index contributed by atoms with van der Waals surface area (Å²) in [5.41, 5.74) is 1.37. The quantitative estimate of drug-likeness (QED) is 0.808. The fourth-order valence-corrected chi connectivity index (χ4v) is 3.35. The van der Waals surface area contributed by atoms with Crippen LogP contribution in [0.1, 0.15) is 29.8 Å². The second-order valence-corrected chi connectivity index (χ2v) is 7.45. The minimum atomic E-state index is -0.388. The van der Waals surface area contributed by atoms with Gasteiger partial charge >= 0.3 is 0 Å². The molecule has 3 rings (SSSR count). The van der Waals surface area contributed by atoms with Gasteiger partial charge in [-0.05, 0) is 31.5 Å². The first-order valence-corrected chi connectivity index (χ1v) is 9.13. The number of hydrogen-bond donors (Lipinski definition) is 0. The molecule has 2 aromatic rings. The third kappa shape index (κ3) is 4.42. The summed E-state index contributed by atoms with van der Waals surface area (Å²) in [5, 5.41) is 0. The monoisotopic (exact) mass is 369 g/mol. The van der Waals surface area contributed by atoms with E-state index in [1.165, 1.54) is 5.56 Å². The van der Waals surface area contributed by atoms with Gasteiger partial charge in [-0.15, -0.1) is 0 Å². The van der Waals surface area contributed by atoms with Gasteiger partial charge in [0.1, 0.15) is 11.5 Å². The summed E-state index contributed by atoms with van der Waals surface area (Å²) in [6.07, 6.45) is 0.749. The molecular formula is C22H27NO4. The van der Waals surface area contributed by atoms with Gasteiger partial charge in [0.05, 0.1) is 32.5 Å². The normalized spacial score (nSPS) is 18.8. The van der Waals surface area contributed by atoms with E-state index in [0.717, 1.165) is 6.42 Å². The number of ether oxygens (including phenoxy) is 3. The number of carbonyl (C=O) groups is 1. The number of nitrogens with zero attached hydrogens (tertiary/aromatic N) is 1. The van der Waals surface area contributed by atoms with E-state index in [9.17, 15) is 4.79 Å². The van der Waals surface area contributed by atoms with Crippen molar-refractivity contribution in [3.8, 4) is 11.5 Å². The second-order valence-electron chi connectivity index (χ2n) is 7.45. The maximum Gasteiger partial charge on any atom is 0.254 e. The van der Waals surface area contributed by atoms with Crippen molar-refractivity contribution < 1.29 is 19.0 Å². The minimum Gasteiger partial charge on any atom is -0.497 e. The molecule has 1 unspecified atom stereocenters. The van der Waals surface area contributed by atoms with Crippen molar-refractivity contribution in [1.82, 2.24) is 4.90 Å². The predicted octanol–water partition coefficient (Wildman–Crippen LogP) is 3.57. The Morgan fingerprint density at radius 1 is 1.11 bits per heavy atom. The topological polar surface area (TPSA) is 48.0 Å². The van der Waals surface area contributed by atoms with Gasteiger partial charge in [0.2, 0.25) is 0 Å². The first-order chi connectivity index (χ1) is 12.9.